The maximum Gasteiger partial charge on any atom is 0.288 e. The van der Waals surface area contributed by atoms with Crippen molar-refractivity contribution >= 4 is 65.7 Å². The molecule has 0 aliphatic heterocycles. The quantitative estimate of drug-likeness (QED) is 0.124. The van der Waals surface area contributed by atoms with Gasteiger partial charge in [0.1, 0.15) is 5.02 Å². The summed E-state index contributed by atoms with van der Waals surface area (Å²) in [6.07, 6.45) is 1.38. The number of nitrogens with zero attached hydrogens (tertiary/aromatic N) is 3. The predicted molar refractivity (Wildman–Crippen MR) is 155 cm³/mol. The molecule has 40 heavy (non-hydrogen) atoms. The van der Waals surface area contributed by atoms with E-state index in [-0.39, 0.29) is 31.7 Å². The number of fused-ring (bicyclic) bond motifs is 1. The summed E-state index contributed by atoms with van der Waals surface area (Å²) >= 11 is 6.97. The van der Waals surface area contributed by atoms with Crippen LogP contribution in [0.25, 0.3) is 10.2 Å². The number of aromatic nitrogens is 1. The minimum Gasteiger partial charge on any atom is -0.298 e. The molecule has 4 rings (SSSR count). The van der Waals surface area contributed by atoms with Crippen LogP contribution in [0.15, 0.2) is 65.6 Å². The largest absolute Gasteiger partial charge is 0.298 e. The number of anilines is 1. The van der Waals surface area contributed by atoms with Crippen molar-refractivity contribution in [3.63, 3.8) is 0 Å². The standard InChI is InChI=1S/C27H25ClN4O6S2/c1-3-13-31(14-4-2)40(37,38)18-10-12-22-24(16-18)39-27(29-22)30-26(34)20-8-6-5-7-19(20)25(33)17-9-11-21(28)23(15-17)32(35)36/h5-12,15-16H,3-4,13-14H2,1-2H3,(H,29,30,34). The fraction of sp³-hybridized carbons (Fsp3) is 0.222. The molecule has 13 heteroatoms. The lowest BCUT2D eigenvalue weighted by Gasteiger charge is -2.20. The van der Waals surface area contributed by atoms with Crippen molar-refractivity contribution in [2.45, 2.75) is 31.6 Å². The number of amides is 1. The van der Waals surface area contributed by atoms with Gasteiger partial charge in [-0.25, -0.2) is 13.4 Å². The van der Waals surface area contributed by atoms with E-state index in [0.29, 0.717) is 36.1 Å². The number of ketones is 1. The molecule has 0 bridgehead atoms. The third-order valence-electron chi connectivity index (χ3n) is 5.99. The summed E-state index contributed by atoms with van der Waals surface area (Å²) in [5.41, 5.74) is 0.179. The van der Waals surface area contributed by atoms with Gasteiger partial charge < -0.3 is 0 Å². The summed E-state index contributed by atoms with van der Waals surface area (Å²) in [6.45, 7) is 4.68. The van der Waals surface area contributed by atoms with Crippen molar-refractivity contribution in [2.75, 3.05) is 18.4 Å². The Kier molecular flexibility index (Phi) is 8.94. The highest BCUT2D eigenvalue weighted by molar-refractivity contribution is 7.89. The van der Waals surface area contributed by atoms with E-state index in [1.807, 2.05) is 13.8 Å². The SMILES string of the molecule is CCCN(CCC)S(=O)(=O)c1ccc2nc(NC(=O)c3ccccc3C(=O)c3ccc(Cl)c([N+](=O)[O-])c3)sc2c1. The van der Waals surface area contributed by atoms with Crippen LogP contribution in [0.2, 0.25) is 5.02 Å². The van der Waals surface area contributed by atoms with E-state index in [2.05, 4.69) is 10.3 Å². The summed E-state index contributed by atoms with van der Waals surface area (Å²) in [5.74, 6) is -1.20. The highest BCUT2D eigenvalue weighted by atomic mass is 35.5. The van der Waals surface area contributed by atoms with Crippen molar-refractivity contribution in [3.05, 3.63) is 92.5 Å². The molecule has 0 fully saturated rings. The summed E-state index contributed by atoms with van der Waals surface area (Å²) in [6, 6.07) is 14.4. The Bertz CT molecular complexity index is 1720. The fourth-order valence-corrected chi connectivity index (χ4v) is 6.92. The Labute approximate surface area is 239 Å². The second-order valence-electron chi connectivity index (χ2n) is 8.80. The molecule has 0 saturated carbocycles. The average Bonchev–Trinajstić information content (AvgIpc) is 3.34. The van der Waals surface area contributed by atoms with Gasteiger partial charge in [-0.05, 0) is 49.2 Å². The van der Waals surface area contributed by atoms with Crippen LogP contribution in [-0.2, 0) is 10.0 Å². The van der Waals surface area contributed by atoms with Gasteiger partial charge >= 0.3 is 0 Å². The average molecular weight is 601 g/mol. The predicted octanol–water partition coefficient (Wildman–Crippen LogP) is 6.15. The summed E-state index contributed by atoms with van der Waals surface area (Å²) < 4.78 is 28.4. The Morgan fingerprint density at radius 2 is 1.70 bits per heavy atom. The van der Waals surface area contributed by atoms with E-state index in [0.717, 1.165) is 17.4 Å². The lowest BCUT2D eigenvalue weighted by Crippen LogP contribution is -2.32. The smallest absolute Gasteiger partial charge is 0.288 e. The lowest BCUT2D eigenvalue weighted by molar-refractivity contribution is -0.384. The number of halogens is 1. The minimum absolute atomic E-state index is 0.00488. The van der Waals surface area contributed by atoms with Gasteiger partial charge in [-0.2, -0.15) is 4.31 Å². The molecule has 208 valence electrons. The molecular weight excluding hydrogens is 576 g/mol. The number of nitrogens with one attached hydrogen (secondary N) is 1. The number of carbonyl (C=O) groups excluding carboxylic acids is 2. The third-order valence-corrected chi connectivity index (χ3v) is 9.13. The zero-order valence-electron chi connectivity index (χ0n) is 21.6. The number of hydrogen-bond acceptors (Lipinski definition) is 8. The number of nitro groups is 1. The number of hydrogen-bond donors (Lipinski definition) is 1. The summed E-state index contributed by atoms with van der Waals surface area (Å²) in [4.78, 5) is 41.5. The first-order valence-corrected chi connectivity index (χ1v) is 15.0. The summed E-state index contributed by atoms with van der Waals surface area (Å²) in [5, 5.41) is 14.1. The van der Waals surface area contributed by atoms with Crippen LogP contribution in [0.4, 0.5) is 10.8 Å². The molecule has 1 amide bonds. The maximum atomic E-state index is 13.2. The molecular formula is C27H25ClN4O6S2. The molecule has 1 N–H and O–H groups in total. The molecule has 0 aliphatic carbocycles. The normalized spacial score (nSPS) is 11.6. The van der Waals surface area contributed by atoms with Gasteiger partial charge in [-0.1, -0.05) is 55.0 Å². The van der Waals surface area contributed by atoms with E-state index in [4.69, 9.17) is 11.6 Å². The van der Waals surface area contributed by atoms with Crippen molar-refractivity contribution in [1.29, 1.82) is 0 Å². The molecule has 1 aromatic heterocycles. The van der Waals surface area contributed by atoms with Crippen LogP contribution < -0.4 is 5.32 Å². The Morgan fingerprint density at radius 1 is 1.02 bits per heavy atom. The van der Waals surface area contributed by atoms with Gasteiger partial charge in [0.2, 0.25) is 10.0 Å². The highest BCUT2D eigenvalue weighted by Crippen LogP contribution is 2.31. The second kappa shape index (κ2) is 12.2. The van der Waals surface area contributed by atoms with Crippen LogP contribution in [0.1, 0.15) is 53.0 Å². The zero-order chi connectivity index (χ0) is 29.0. The van der Waals surface area contributed by atoms with Crippen molar-refractivity contribution in [2.24, 2.45) is 0 Å². The highest BCUT2D eigenvalue weighted by Gasteiger charge is 2.25. The molecule has 3 aromatic carbocycles. The van der Waals surface area contributed by atoms with Crippen LogP contribution in [-0.4, -0.2) is 47.4 Å². The van der Waals surface area contributed by atoms with Crippen molar-refractivity contribution in [1.82, 2.24) is 9.29 Å². The number of sulfonamides is 1. The Morgan fingerprint density at radius 3 is 2.35 bits per heavy atom. The van der Waals surface area contributed by atoms with E-state index in [9.17, 15) is 28.1 Å². The molecule has 0 atom stereocenters. The van der Waals surface area contributed by atoms with E-state index in [1.165, 1.54) is 34.6 Å². The molecule has 0 unspecified atom stereocenters. The van der Waals surface area contributed by atoms with E-state index < -0.39 is 32.3 Å². The second-order valence-corrected chi connectivity index (χ2v) is 12.2. The van der Waals surface area contributed by atoms with Gasteiger partial charge in [0, 0.05) is 30.3 Å². The minimum atomic E-state index is -3.69. The van der Waals surface area contributed by atoms with Crippen LogP contribution >= 0.6 is 22.9 Å². The number of nitro benzene ring substituents is 1. The topological polar surface area (TPSA) is 140 Å². The summed E-state index contributed by atoms with van der Waals surface area (Å²) in [7, 11) is -3.69. The number of thiazole rings is 1. The van der Waals surface area contributed by atoms with Crippen molar-refractivity contribution < 1.29 is 22.9 Å². The Balaban J connectivity index is 1.61. The van der Waals surface area contributed by atoms with Gasteiger partial charge in [-0.15, -0.1) is 0 Å². The van der Waals surface area contributed by atoms with Gasteiger partial charge in [0.15, 0.2) is 10.9 Å². The first-order chi connectivity index (χ1) is 19.1. The number of rotatable bonds is 11. The number of benzene rings is 3. The first-order valence-electron chi connectivity index (χ1n) is 12.4. The first kappa shape index (κ1) is 29.3. The zero-order valence-corrected chi connectivity index (χ0v) is 24.0. The van der Waals surface area contributed by atoms with Gasteiger partial charge in [0.05, 0.1) is 25.6 Å². The number of carbonyl (C=O) groups is 2. The Hall–Kier alpha value is -3.71. The van der Waals surface area contributed by atoms with Crippen molar-refractivity contribution in [3.8, 4) is 0 Å². The fourth-order valence-electron chi connectivity index (χ4n) is 4.11. The molecule has 0 radical (unpaired) electrons. The molecule has 4 aromatic rings. The van der Waals surface area contributed by atoms with Crippen LogP contribution in [0.5, 0.6) is 0 Å². The van der Waals surface area contributed by atoms with E-state index >= 15 is 0 Å². The third kappa shape index (κ3) is 6.04. The van der Waals surface area contributed by atoms with Crippen LogP contribution in [0.3, 0.4) is 0 Å². The molecule has 0 spiro atoms. The van der Waals surface area contributed by atoms with Gasteiger partial charge in [0.25, 0.3) is 11.6 Å². The van der Waals surface area contributed by atoms with Gasteiger partial charge in [-0.3, -0.25) is 25.0 Å². The lowest BCUT2D eigenvalue weighted by atomic mass is 9.97. The monoisotopic (exact) mass is 600 g/mol. The van der Waals surface area contributed by atoms with Crippen LogP contribution in [0, 0.1) is 10.1 Å². The van der Waals surface area contributed by atoms with E-state index in [1.54, 1.807) is 24.3 Å². The molecule has 0 aliphatic rings. The molecule has 0 saturated heterocycles. The maximum absolute atomic E-state index is 13.2. The molecule has 10 nitrogen and oxygen atoms in total. The molecule has 1 heterocycles.